The van der Waals surface area contributed by atoms with Crippen molar-refractivity contribution in [1.29, 1.82) is 0 Å². The number of rotatable bonds is 6. The molecule has 0 aliphatic heterocycles. The second-order valence-electron chi connectivity index (χ2n) is 4.56. The average Bonchev–Trinajstić information content (AvgIpc) is 2.44. The molecule has 19 heavy (non-hydrogen) atoms. The molecule has 2 aromatic rings. The van der Waals surface area contributed by atoms with Gasteiger partial charge in [0.1, 0.15) is 5.82 Å². The fourth-order valence-corrected chi connectivity index (χ4v) is 1.87. The van der Waals surface area contributed by atoms with Crippen molar-refractivity contribution in [3.63, 3.8) is 0 Å². The fourth-order valence-electron chi connectivity index (χ4n) is 1.87. The van der Waals surface area contributed by atoms with E-state index < -0.39 is 0 Å². The lowest BCUT2D eigenvalue weighted by Gasteiger charge is -2.06. The van der Waals surface area contributed by atoms with E-state index in [1.165, 1.54) is 5.56 Å². The summed E-state index contributed by atoms with van der Waals surface area (Å²) in [7, 11) is 1.95. The third-order valence-electron chi connectivity index (χ3n) is 2.89. The van der Waals surface area contributed by atoms with E-state index in [4.69, 9.17) is 0 Å². The molecule has 100 valence electrons. The summed E-state index contributed by atoms with van der Waals surface area (Å²) in [5.74, 6) is 0.826. The predicted molar refractivity (Wildman–Crippen MR) is 79.2 cm³/mol. The Labute approximate surface area is 114 Å². The maximum absolute atomic E-state index is 4.26. The van der Waals surface area contributed by atoms with Crippen LogP contribution in [-0.4, -0.2) is 30.3 Å². The first-order chi connectivity index (χ1) is 9.29. The van der Waals surface area contributed by atoms with Crippen LogP contribution in [0.3, 0.4) is 0 Å². The van der Waals surface area contributed by atoms with E-state index >= 15 is 0 Å². The molecule has 4 heteroatoms. The van der Waals surface area contributed by atoms with Crippen LogP contribution < -0.4 is 10.6 Å². The quantitative estimate of drug-likeness (QED) is 0.780. The summed E-state index contributed by atoms with van der Waals surface area (Å²) in [6, 6.07) is 12.3. The van der Waals surface area contributed by atoms with Crippen molar-refractivity contribution in [2.24, 2.45) is 0 Å². The number of nitrogens with zero attached hydrogens (tertiary/aromatic N) is 2. The van der Waals surface area contributed by atoms with Gasteiger partial charge in [0.25, 0.3) is 0 Å². The van der Waals surface area contributed by atoms with E-state index in [9.17, 15) is 0 Å². The van der Waals surface area contributed by atoms with Crippen molar-refractivity contribution >= 4 is 5.82 Å². The van der Waals surface area contributed by atoms with Crippen molar-refractivity contribution < 1.29 is 0 Å². The zero-order valence-electron chi connectivity index (χ0n) is 11.5. The summed E-state index contributed by atoms with van der Waals surface area (Å²) < 4.78 is 0. The van der Waals surface area contributed by atoms with Crippen LogP contribution in [0, 0.1) is 6.92 Å². The Balaban J connectivity index is 1.98. The second-order valence-corrected chi connectivity index (χ2v) is 4.56. The Hall–Kier alpha value is -1.94. The van der Waals surface area contributed by atoms with Crippen LogP contribution in [0.5, 0.6) is 0 Å². The molecule has 1 aromatic heterocycles. The summed E-state index contributed by atoms with van der Waals surface area (Å²) in [5.41, 5.74) is 3.24. The largest absolute Gasteiger partial charge is 0.369 e. The van der Waals surface area contributed by atoms with E-state index in [2.05, 4.69) is 46.0 Å². The monoisotopic (exact) mass is 256 g/mol. The number of aryl methyl sites for hydroxylation is 1. The first-order valence-electron chi connectivity index (χ1n) is 6.59. The minimum Gasteiger partial charge on any atom is -0.369 e. The second kappa shape index (κ2) is 6.85. The van der Waals surface area contributed by atoms with Gasteiger partial charge >= 0.3 is 0 Å². The van der Waals surface area contributed by atoms with Gasteiger partial charge in [-0.25, -0.2) is 0 Å². The molecule has 0 saturated heterocycles. The van der Waals surface area contributed by atoms with E-state index in [1.54, 1.807) is 0 Å². The van der Waals surface area contributed by atoms with Gasteiger partial charge in [-0.3, -0.25) is 0 Å². The third-order valence-corrected chi connectivity index (χ3v) is 2.89. The SMILES string of the molecule is CNCCCNc1ccc(-c2cccc(C)c2)nn1. The number of aromatic nitrogens is 2. The number of hydrogen-bond donors (Lipinski definition) is 2. The molecule has 0 bridgehead atoms. The molecule has 1 heterocycles. The predicted octanol–water partition coefficient (Wildman–Crippen LogP) is 2.47. The average molecular weight is 256 g/mol. The van der Waals surface area contributed by atoms with Gasteiger partial charge in [-0.2, -0.15) is 0 Å². The molecule has 2 N–H and O–H groups in total. The van der Waals surface area contributed by atoms with Crippen LogP contribution >= 0.6 is 0 Å². The van der Waals surface area contributed by atoms with Gasteiger partial charge in [0.05, 0.1) is 5.69 Å². The number of benzene rings is 1. The molecule has 0 unspecified atom stereocenters. The Morgan fingerprint density at radius 1 is 1.05 bits per heavy atom. The normalized spacial score (nSPS) is 10.4. The zero-order chi connectivity index (χ0) is 13.5. The first kappa shape index (κ1) is 13.5. The molecular formula is C15H20N4. The van der Waals surface area contributed by atoms with E-state index in [-0.39, 0.29) is 0 Å². The maximum atomic E-state index is 4.26. The molecule has 0 fully saturated rings. The van der Waals surface area contributed by atoms with Crippen LogP contribution in [0.1, 0.15) is 12.0 Å². The number of hydrogen-bond acceptors (Lipinski definition) is 4. The van der Waals surface area contributed by atoms with Gasteiger partial charge in [0, 0.05) is 12.1 Å². The van der Waals surface area contributed by atoms with Crippen LogP contribution in [0.25, 0.3) is 11.3 Å². The highest BCUT2D eigenvalue weighted by atomic mass is 15.2. The molecule has 0 spiro atoms. The summed E-state index contributed by atoms with van der Waals surface area (Å²) in [5, 5.41) is 14.8. The van der Waals surface area contributed by atoms with Gasteiger partial charge in [-0.1, -0.05) is 23.8 Å². The van der Waals surface area contributed by atoms with Crippen molar-refractivity contribution in [2.45, 2.75) is 13.3 Å². The van der Waals surface area contributed by atoms with E-state index in [1.807, 2.05) is 25.2 Å². The standard InChI is InChI=1S/C15H20N4/c1-12-5-3-6-13(11-12)14-7-8-15(19-18-14)17-10-4-9-16-2/h3,5-8,11,16H,4,9-10H2,1-2H3,(H,17,19). The highest BCUT2D eigenvalue weighted by molar-refractivity contribution is 5.60. The molecule has 1 aromatic carbocycles. The molecule has 0 amide bonds. The van der Waals surface area contributed by atoms with Crippen LogP contribution in [0.4, 0.5) is 5.82 Å². The molecular weight excluding hydrogens is 236 g/mol. The lowest BCUT2D eigenvalue weighted by Crippen LogP contribution is -2.13. The maximum Gasteiger partial charge on any atom is 0.148 e. The molecule has 0 saturated carbocycles. The van der Waals surface area contributed by atoms with E-state index in [0.717, 1.165) is 36.6 Å². The van der Waals surface area contributed by atoms with Crippen LogP contribution in [0.2, 0.25) is 0 Å². The molecule has 0 radical (unpaired) electrons. The van der Waals surface area contributed by atoms with E-state index in [0.29, 0.717) is 0 Å². The summed E-state index contributed by atoms with van der Waals surface area (Å²) in [6.07, 6.45) is 1.07. The van der Waals surface area contributed by atoms with Gasteiger partial charge in [-0.15, -0.1) is 10.2 Å². The highest BCUT2D eigenvalue weighted by Crippen LogP contribution is 2.18. The van der Waals surface area contributed by atoms with Gasteiger partial charge in [0.15, 0.2) is 0 Å². The smallest absolute Gasteiger partial charge is 0.148 e. The summed E-state index contributed by atoms with van der Waals surface area (Å²) >= 11 is 0. The Morgan fingerprint density at radius 3 is 2.63 bits per heavy atom. The molecule has 0 aliphatic carbocycles. The molecule has 4 nitrogen and oxygen atoms in total. The molecule has 0 aliphatic rings. The third kappa shape index (κ3) is 4.03. The zero-order valence-corrected chi connectivity index (χ0v) is 11.5. The molecule has 2 rings (SSSR count). The summed E-state index contributed by atoms with van der Waals surface area (Å²) in [6.45, 7) is 3.98. The van der Waals surface area contributed by atoms with Crippen molar-refractivity contribution in [3.05, 3.63) is 42.0 Å². The number of nitrogens with one attached hydrogen (secondary N) is 2. The Kier molecular flexibility index (Phi) is 4.86. The Morgan fingerprint density at radius 2 is 1.95 bits per heavy atom. The fraction of sp³-hybridized carbons (Fsp3) is 0.333. The van der Waals surface area contributed by atoms with Crippen molar-refractivity contribution in [1.82, 2.24) is 15.5 Å². The lowest BCUT2D eigenvalue weighted by atomic mass is 10.1. The van der Waals surface area contributed by atoms with Crippen LogP contribution in [-0.2, 0) is 0 Å². The van der Waals surface area contributed by atoms with Gasteiger partial charge in [0.2, 0.25) is 0 Å². The number of anilines is 1. The first-order valence-corrected chi connectivity index (χ1v) is 6.59. The van der Waals surface area contributed by atoms with Gasteiger partial charge < -0.3 is 10.6 Å². The van der Waals surface area contributed by atoms with Crippen molar-refractivity contribution in [2.75, 3.05) is 25.5 Å². The topological polar surface area (TPSA) is 49.8 Å². The minimum absolute atomic E-state index is 0.826. The molecule has 0 atom stereocenters. The minimum atomic E-state index is 0.826. The Bertz CT molecular complexity index is 508. The van der Waals surface area contributed by atoms with Crippen molar-refractivity contribution in [3.8, 4) is 11.3 Å². The van der Waals surface area contributed by atoms with Crippen LogP contribution in [0.15, 0.2) is 36.4 Å². The summed E-state index contributed by atoms with van der Waals surface area (Å²) in [4.78, 5) is 0. The highest BCUT2D eigenvalue weighted by Gasteiger charge is 2.01. The van der Waals surface area contributed by atoms with Gasteiger partial charge in [-0.05, 0) is 45.1 Å². The lowest BCUT2D eigenvalue weighted by molar-refractivity contribution is 0.746.